The van der Waals surface area contributed by atoms with Crippen LogP contribution in [0.15, 0.2) is 42.5 Å². The minimum Gasteiger partial charge on any atom is -0.368 e. The van der Waals surface area contributed by atoms with E-state index in [1.54, 1.807) is 11.0 Å². The second-order valence-electron chi connectivity index (χ2n) is 5.72. The van der Waals surface area contributed by atoms with Crippen LogP contribution in [0.1, 0.15) is 5.56 Å². The number of carbonyl (C=O) groups excluding carboxylic acids is 1. The van der Waals surface area contributed by atoms with E-state index in [0.29, 0.717) is 23.1 Å². The molecule has 0 bridgehead atoms. The second kappa shape index (κ2) is 7.41. The molecule has 126 valence electrons. The number of piperazine rings is 1. The first-order valence-electron chi connectivity index (χ1n) is 7.76. The van der Waals surface area contributed by atoms with Gasteiger partial charge in [-0.05, 0) is 30.3 Å². The minimum absolute atomic E-state index is 0.0112. The van der Waals surface area contributed by atoms with Gasteiger partial charge in [0.05, 0.1) is 6.42 Å². The SMILES string of the molecule is O=C(Cc1c(F)cccc1Cl)N1CCN(c2cccc(Cl)c2)CC1. The highest BCUT2D eigenvalue weighted by molar-refractivity contribution is 6.31. The van der Waals surface area contributed by atoms with E-state index in [0.717, 1.165) is 18.8 Å². The molecule has 1 amide bonds. The van der Waals surface area contributed by atoms with Gasteiger partial charge in [-0.25, -0.2) is 4.39 Å². The van der Waals surface area contributed by atoms with Crippen molar-refractivity contribution in [2.45, 2.75) is 6.42 Å². The molecular weight excluding hydrogens is 350 g/mol. The van der Waals surface area contributed by atoms with Crippen molar-refractivity contribution in [1.82, 2.24) is 4.90 Å². The summed E-state index contributed by atoms with van der Waals surface area (Å²) in [5.41, 5.74) is 1.31. The topological polar surface area (TPSA) is 23.6 Å². The Morgan fingerprint density at radius 2 is 1.75 bits per heavy atom. The summed E-state index contributed by atoms with van der Waals surface area (Å²) in [5.74, 6) is -0.541. The molecule has 1 aliphatic heterocycles. The number of amides is 1. The average Bonchev–Trinajstić information content (AvgIpc) is 2.58. The van der Waals surface area contributed by atoms with E-state index in [1.165, 1.54) is 12.1 Å². The summed E-state index contributed by atoms with van der Waals surface area (Å²) in [6.07, 6.45) is -0.0112. The molecule has 0 N–H and O–H groups in total. The smallest absolute Gasteiger partial charge is 0.227 e. The maximum Gasteiger partial charge on any atom is 0.227 e. The molecule has 24 heavy (non-hydrogen) atoms. The molecule has 6 heteroatoms. The van der Waals surface area contributed by atoms with Gasteiger partial charge in [-0.2, -0.15) is 0 Å². The van der Waals surface area contributed by atoms with Gasteiger partial charge < -0.3 is 9.80 Å². The van der Waals surface area contributed by atoms with Crippen LogP contribution in [-0.2, 0) is 11.2 Å². The molecule has 2 aromatic rings. The minimum atomic E-state index is -0.437. The third-order valence-corrected chi connectivity index (χ3v) is 4.78. The Bertz CT molecular complexity index is 725. The lowest BCUT2D eigenvalue weighted by atomic mass is 10.1. The maximum atomic E-state index is 13.8. The van der Waals surface area contributed by atoms with E-state index in [-0.39, 0.29) is 17.9 Å². The normalized spacial score (nSPS) is 14.8. The number of rotatable bonds is 3. The lowest BCUT2D eigenvalue weighted by molar-refractivity contribution is -0.130. The van der Waals surface area contributed by atoms with Crippen molar-refractivity contribution in [2.24, 2.45) is 0 Å². The molecule has 1 fully saturated rings. The van der Waals surface area contributed by atoms with Gasteiger partial charge in [-0.1, -0.05) is 35.3 Å². The molecule has 1 heterocycles. The number of hydrogen-bond donors (Lipinski definition) is 0. The molecule has 3 nitrogen and oxygen atoms in total. The van der Waals surface area contributed by atoms with Gasteiger partial charge in [0, 0.05) is 47.5 Å². The van der Waals surface area contributed by atoms with E-state index in [4.69, 9.17) is 23.2 Å². The Morgan fingerprint density at radius 3 is 2.42 bits per heavy atom. The highest BCUT2D eigenvalue weighted by Gasteiger charge is 2.23. The summed E-state index contributed by atoms with van der Waals surface area (Å²) in [4.78, 5) is 16.4. The van der Waals surface area contributed by atoms with Gasteiger partial charge in [-0.3, -0.25) is 4.79 Å². The molecule has 0 atom stereocenters. The second-order valence-corrected chi connectivity index (χ2v) is 6.57. The average molecular weight is 367 g/mol. The molecule has 1 saturated heterocycles. The highest BCUT2D eigenvalue weighted by Crippen LogP contribution is 2.22. The van der Waals surface area contributed by atoms with Gasteiger partial charge in [0.1, 0.15) is 5.82 Å². The van der Waals surface area contributed by atoms with Gasteiger partial charge >= 0.3 is 0 Å². The van der Waals surface area contributed by atoms with Crippen LogP contribution in [0.4, 0.5) is 10.1 Å². The van der Waals surface area contributed by atoms with Crippen LogP contribution in [0, 0.1) is 5.82 Å². The Hall–Kier alpha value is -1.78. The Morgan fingerprint density at radius 1 is 1.04 bits per heavy atom. The van der Waals surface area contributed by atoms with Crippen LogP contribution >= 0.6 is 23.2 Å². The molecule has 0 unspecified atom stereocenters. The maximum absolute atomic E-state index is 13.8. The van der Waals surface area contributed by atoms with E-state index in [1.807, 2.05) is 24.3 Å². The van der Waals surface area contributed by atoms with Crippen molar-refractivity contribution < 1.29 is 9.18 Å². The Balaban J connectivity index is 1.61. The van der Waals surface area contributed by atoms with Gasteiger partial charge in [0.15, 0.2) is 0 Å². The fourth-order valence-corrected chi connectivity index (χ4v) is 3.27. The van der Waals surface area contributed by atoms with Crippen LogP contribution in [0.2, 0.25) is 10.0 Å². The van der Waals surface area contributed by atoms with Crippen molar-refractivity contribution in [1.29, 1.82) is 0 Å². The number of carbonyl (C=O) groups is 1. The third-order valence-electron chi connectivity index (χ3n) is 4.20. The summed E-state index contributed by atoms with van der Waals surface area (Å²) < 4.78 is 13.8. The lowest BCUT2D eigenvalue weighted by Crippen LogP contribution is -2.49. The first-order valence-corrected chi connectivity index (χ1v) is 8.51. The molecular formula is C18H17Cl2FN2O. The van der Waals surface area contributed by atoms with Gasteiger partial charge in [0.2, 0.25) is 5.91 Å². The van der Waals surface area contributed by atoms with Crippen molar-refractivity contribution in [3.05, 3.63) is 63.9 Å². The molecule has 0 radical (unpaired) electrons. The molecule has 0 aromatic heterocycles. The number of anilines is 1. The summed E-state index contributed by atoms with van der Waals surface area (Å²) in [5, 5.41) is 0.987. The van der Waals surface area contributed by atoms with Crippen molar-refractivity contribution in [2.75, 3.05) is 31.1 Å². The number of nitrogens with zero attached hydrogens (tertiary/aromatic N) is 2. The molecule has 0 aliphatic carbocycles. The van der Waals surface area contributed by atoms with E-state index < -0.39 is 5.82 Å². The standard InChI is InChI=1S/C18H17Cl2FN2O/c19-13-3-1-4-14(11-13)22-7-9-23(10-8-22)18(24)12-15-16(20)5-2-6-17(15)21/h1-6,11H,7-10,12H2. The van der Waals surface area contributed by atoms with Crippen LogP contribution in [0.5, 0.6) is 0 Å². The van der Waals surface area contributed by atoms with E-state index >= 15 is 0 Å². The number of halogens is 3. The Kier molecular flexibility index (Phi) is 5.27. The lowest BCUT2D eigenvalue weighted by Gasteiger charge is -2.36. The fourth-order valence-electron chi connectivity index (χ4n) is 2.85. The number of benzene rings is 2. The molecule has 0 saturated carbocycles. The van der Waals surface area contributed by atoms with Crippen LogP contribution in [0.25, 0.3) is 0 Å². The van der Waals surface area contributed by atoms with Crippen LogP contribution in [0.3, 0.4) is 0 Å². The van der Waals surface area contributed by atoms with E-state index in [9.17, 15) is 9.18 Å². The van der Waals surface area contributed by atoms with Gasteiger partial charge in [0.25, 0.3) is 0 Å². The van der Waals surface area contributed by atoms with E-state index in [2.05, 4.69) is 4.90 Å². The summed E-state index contributed by atoms with van der Waals surface area (Å²) in [7, 11) is 0. The van der Waals surface area contributed by atoms with Crippen molar-refractivity contribution in [3.63, 3.8) is 0 Å². The zero-order chi connectivity index (χ0) is 17.1. The fraction of sp³-hybridized carbons (Fsp3) is 0.278. The molecule has 0 spiro atoms. The summed E-state index contributed by atoms with van der Waals surface area (Å²) >= 11 is 12.0. The number of hydrogen-bond acceptors (Lipinski definition) is 2. The molecule has 3 rings (SSSR count). The van der Waals surface area contributed by atoms with Crippen LogP contribution in [-0.4, -0.2) is 37.0 Å². The zero-order valence-corrected chi connectivity index (χ0v) is 14.5. The summed E-state index contributed by atoms with van der Waals surface area (Å²) in [6, 6.07) is 12.1. The quantitative estimate of drug-likeness (QED) is 0.818. The van der Waals surface area contributed by atoms with Crippen molar-refractivity contribution in [3.8, 4) is 0 Å². The predicted molar refractivity (Wildman–Crippen MR) is 95.4 cm³/mol. The Labute approximate surface area is 150 Å². The largest absolute Gasteiger partial charge is 0.368 e. The molecule has 2 aromatic carbocycles. The monoisotopic (exact) mass is 366 g/mol. The van der Waals surface area contributed by atoms with Crippen molar-refractivity contribution >= 4 is 34.8 Å². The third kappa shape index (κ3) is 3.82. The first-order chi connectivity index (χ1) is 11.5. The molecule has 1 aliphatic rings. The summed E-state index contributed by atoms with van der Waals surface area (Å²) in [6.45, 7) is 2.63. The highest BCUT2D eigenvalue weighted by atomic mass is 35.5. The first kappa shape index (κ1) is 17.1. The predicted octanol–water partition coefficient (Wildman–Crippen LogP) is 4.02. The van der Waals surface area contributed by atoms with Gasteiger partial charge in [-0.15, -0.1) is 0 Å². The van der Waals surface area contributed by atoms with Crippen LogP contribution < -0.4 is 4.90 Å². The zero-order valence-electron chi connectivity index (χ0n) is 13.0.